The summed E-state index contributed by atoms with van der Waals surface area (Å²) >= 11 is 6.08. The van der Waals surface area contributed by atoms with Crippen LogP contribution in [0, 0.1) is 24.0 Å². The van der Waals surface area contributed by atoms with Crippen LogP contribution in [0.25, 0.3) is 0 Å². The molecule has 1 amide bonds. The predicted molar refractivity (Wildman–Crippen MR) is 89.8 cm³/mol. The Bertz CT molecular complexity index is 774. The van der Waals surface area contributed by atoms with Gasteiger partial charge in [0.2, 0.25) is 0 Å². The maximum atomic E-state index is 12.5. The molecule has 0 radical (unpaired) electrons. The third kappa shape index (κ3) is 3.87. The molecule has 0 bridgehead atoms. The van der Waals surface area contributed by atoms with Crippen LogP contribution in [0.4, 0.5) is 5.69 Å². The summed E-state index contributed by atoms with van der Waals surface area (Å²) in [5.41, 5.74) is 3.23. The lowest BCUT2D eigenvalue weighted by atomic mass is 10.1. The second-order valence-corrected chi connectivity index (χ2v) is 5.90. The molecular formula is C17H17ClN2O3. The van der Waals surface area contributed by atoms with E-state index < -0.39 is 4.92 Å². The fourth-order valence-corrected chi connectivity index (χ4v) is 2.40. The number of nitrogens with zero attached hydrogens (tertiary/aromatic N) is 2. The summed E-state index contributed by atoms with van der Waals surface area (Å²) < 4.78 is 0. The first-order chi connectivity index (χ1) is 10.8. The Kier molecular flexibility index (Phi) is 5.01. The molecule has 2 rings (SSSR count). The van der Waals surface area contributed by atoms with Gasteiger partial charge in [-0.05, 0) is 48.7 Å². The molecule has 0 spiro atoms. The maximum Gasteiger partial charge on any atom is 0.269 e. The number of non-ortho nitro benzene ring substituents is 1. The highest BCUT2D eigenvalue weighted by molar-refractivity contribution is 6.31. The first-order valence-corrected chi connectivity index (χ1v) is 7.43. The Balaban J connectivity index is 2.22. The van der Waals surface area contributed by atoms with E-state index in [4.69, 9.17) is 11.6 Å². The lowest BCUT2D eigenvalue weighted by Crippen LogP contribution is -2.26. The standard InChI is InChI=1S/C17H17ClN2O3/c1-11-4-5-13(8-12(11)2)17(21)19(3)10-14-9-15(20(22)23)6-7-16(14)18/h4-9H,10H2,1-3H3. The number of hydrogen-bond donors (Lipinski definition) is 0. The van der Waals surface area contributed by atoms with Gasteiger partial charge in [-0.2, -0.15) is 0 Å². The minimum absolute atomic E-state index is 0.0450. The van der Waals surface area contributed by atoms with Gasteiger partial charge in [-0.1, -0.05) is 17.7 Å². The first kappa shape index (κ1) is 17.0. The van der Waals surface area contributed by atoms with Gasteiger partial charge in [0, 0.05) is 36.3 Å². The number of carbonyl (C=O) groups excluding carboxylic acids is 1. The van der Waals surface area contributed by atoms with E-state index in [0.29, 0.717) is 16.1 Å². The maximum absolute atomic E-state index is 12.5. The zero-order valence-electron chi connectivity index (χ0n) is 13.2. The van der Waals surface area contributed by atoms with Crippen molar-refractivity contribution in [1.82, 2.24) is 4.90 Å². The molecule has 0 aliphatic rings. The third-order valence-electron chi connectivity index (χ3n) is 3.75. The van der Waals surface area contributed by atoms with E-state index in [-0.39, 0.29) is 18.1 Å². The summed E-state index contributed by atoms with van der Waals surface area (Å²) in [6.45, 7) is 4.13. The Labute approximate surface area is 139 Å². The molecule has 0 heterocycles. The predicted octanol–water partition coefficient (Wildman–Crippen LogP) is 4.14. The second-order valence-electron chi connectivity index (χ2n) is 5.49. The summed E-state index contributed by atoms with van der Waals surface area (Å²) in [6, 6.07) is 9.73. The van der Waals surface area contributed by atoms with Gasteiger partial charge in [0.05, 0.1) is 4.92 Å². The monoisotopic (exact) mass is 332 g/mol. The molecule has 0 aromatic heterocycles. The van der Waals surface area contributed by atoms with Crippen LogP contribution < -0.4 is 0 Å². The number of aryl methyl sites for hydroxylation is 2. The largest absolute Gasteiger partial charge is 0.337 e. The van der Waals surface area contributed by atoms with Gasteiger partial charge in [0.25, 0.3) is 11.6 Å². The van der Waals surface area contributed by atoms with Crippen LogP contribution in [0.3, 0.4) is 0 Å². The normalized spacial score (nSPS) is 10.4. The van der Waals surface area contributed by atoms with E-state index in [2.05, 4.69) is 0 Å². The number of halogens is 1. The molecule has 6 heteroatoms. The lowest BCUT2D eigenvalue weighted by molar-refractivity contribution is -0.384. The zero-order valence-corrected chi connectivity index (χ0v) is 13.9. The van der Waals surface area contributed by atoms with Crippen LogP contribution in [-0.2, 0) is 6.54 Å². The van der Waals surface area contributed by atoms with Crippen LogP contribution in [0.2, 0.25) is 5.02 Å². The second kappa shape index (κ2) is 6.79. The van der Waals surface area contributed by atoms with Crippen LogP contribution in [0.1, 0.15) is 27.0 Å². The van der Waals surface area contributed by atoms with Crippen LogP contribution in [0.5, 0.6) is 0 Å². The minimum Gasteiger partial charge on any atom is -0.337 e. The minimum atomic E-state index is -0.481. The number of nitro benzene ring substituents is 1. The van der Waals surface area contributed by atoms with Gasteiger partial charge >= 0.3 is 0 Å². The highest BCUT2D eigenvalue weighted by atomic mass is 35.5. The van der Waals surface area contributed by atoms with Crippen LogP contribution in [0.15, 0.2) is 36.4 Å². The average Bonchev–Trinajstić information content (AvgIpc) is 2.51. The topological polar surface area (TPSA) is 63.5 Å². The average molecular weight is 333 g/mol. The Hall–Kier alpha value is -2.40. The fourth-order valence-electron chi connectivity index (χ4n) is 2.22. The smallest absolute Gasteiger partial charge is 0.269 e. The molecule has 120 valence electrons. The van der Waals surface area contributed by atoms with E-state index in [1.807, 2.05) is 26.0 Å². The van der Waals surface area contributed by atoms with Crippen molar-refractivity contribution < 1.29 is 9.72 Å². The Morgan fingerprint density at radius 2 is 1.87 bits per heavy atom. The molecule has 0 aliphatic carbocycles. The Morgan fingerprint density at radius 1 is 1.17 bits per heavy atom. The third-order valence-corrected chi connectivity index (χ3v) is 4.12. The SMILES string of the molecule is Cc1ccc(C(=O)N(C)Cc2cc([N+](=O)[O-])ccc2Cl)cc1C. The van der Waals surface area contributed by atoms with Gasteiger partial charge in [0.1, 0.15) is 0 Å². The highest BCUT2D eigenvalue weighted by Gasteiger charge is 2.16. The van der Waals surface area contributed by atoms with E-state index in [1.54, 1.807) is 13.1 Å². The number of nitro groups is 1. The van der Waals surface area contributed by atoms with Crippen molar-refractivity contribution in [3.05, 3.63) is 73.8 Å². The molecular weight excluding hydrogens is 316 g/mol. The van der Waals surface area contributed by atoms with Crippen molar-refractivity contribution in [1.29, 1.82) is 0 Å². The van der Waals surface area contributed by atoms with Crippen LogP contribution >= 0.6 is 11.6 Å². The van der Waals surface area contributed by atoms with Crippen molar-refractivity contribution in [2.75, 3.05) is 7.05 Å². The number of benzene rings is 2. The summed E-state index contributed by atoms with van der Waals surface area (Å²) in [5.74, 6) is -0.157. The number of carbonyl (C=O) groups is 1. The van der Waals surface area contributed by atoms with E-state index in [1.165, 1.54) is 23.1 Å². The first-order valence-electron chi connectivity index (χ1n) is 7.05. The number of rotatable bonds is 4. The zero-order chi connectivity index (χ0) is 17.1. The highest BCUT2D eigenvalue weighted by Crippen LogP contribution is 2.23. The van der Waals surface area contributed by atoms with Gasteiger partial charge < -0.3 is 4.90 Å². The summed E-state index contributed by atoms with van der Waals surface area (Å²) in [4.78, 5) is 24.4. The molecule has 0 atom stereocenters. The molecule has 2 aromatic carbocycles. The van der Waals surface area contributed by atoms with Crippen LogP contribution in [-0.4, -0.2) is 22.8 Å². The molecule has 0 N–H and O–H groups in total. The number of amides is 1. The van der Waals surface area contributed by atoms with Gasteiger partial charge in [-0.3, -0.25) is 14.9 Å². The van der Waals surface area contributed by atoms with Crippen molar-refractivity contribution in [2.45, 2.75) is 20.4 Å². The van der Waals surface area contributed by atoms with Crippen molar-refractivity contribution in [3.63, 3.8) is 0 Å². The van der Waals surface area contributed by atoms with Gasteiger partial charge in [-0.15, -0.1) is 0 Å². The van der Waals surface area contributed by atoms with Gasteiger partial charge in [0.15, 0.2) is 0 Å². The summed E-state index contributed by atoms with van der Waals surface area (Å²) in [5, 5.41) is 11.3. The molecule has 2 aromatic rings. The van der Waals surface area contributed by atoms with Crippen molar-refractivity contribution >= 4 is 23.2 Å². The van der Waals surface area contributed by atoms with Gasteiger partial charge in [-0.25, -0.2) is 0 Å². The van der Waals surface area contributed by atoms with Crippen molar-refractivity contribution in [3.8, 4) is 0 Å². The summed E-state index contributed by atoms with van der Waals surface area (Å²) in [7, 11) is 1.65. The van der Waals surface area contributed by atoms with E-state index >= 15 is 0 Å². The van der Waals surface area contributed by atoms with E-state index in [0.717, 1.165) is 11.1 Å². The fraction of sp³-hybridized carbons (Fsp3) is 0.235. The molecule has 5 nitrogen and oxygen atoms in total. The molecule has 0 aliphatic heterocycles. The molecule has 0 fully saturated rings. The van der Waals surface area contributed by atoms with E-state index in [9.17, 15) is 14.9 Å². The molecule has 0 unspecified atom stereocenters. The quantitative estimate of drug-likeness (QED) is 0.624. The number of hydrogen-bond acceptors (Lipinski definition) is 3. The Morgan fingerprint density at radius 3 is 2.48 bits per heavy atom. The summed E-state index contributed by atoms with van der Waals surface area (Å²) in [6.07, 6.45) is 0. The lowest BCUT2D eigenvalue weighted by Gasteiger charge is -2.18. The molecule has 0 saturated carbocycles. The molecule has 23 heavy (non-hydrogen) atoms. The molecule has 0 saturated heterocycles. The van der Waals surface area contributed by atoms with Crippen molar-refractivity contribution in [2.24, 2.45) is 0 Å².